The van der Waals surface area contributed by atoms with Crippen molar-refractivity contribution in [3.63, 3.8) is 0 Å². The van der Waals surface area contributed by atoms with Crippen molar-refractivity contribution in [3.8, 4) is 11.6 Å². The first-order valence-corrected chi connectivity index (χ1v) is 11.7. The number of carbonyl (C=O) groups is 2. The van der Waals surface area contributed by atoms with Crippen LogP contribution in [0.25, 0.3) is 10.3 Å². The molecule has 1 saturated carbocycles. The molecule has 2 heterocycles. The van der Waals surface area contributed by atoms with E-state index in [-0.39, 0.29) is 18.4 Å². The number of aromatic nitrogens is 2. The molecule has 34 heavy (non-hydrogen) atoms. The van der Waals surface area contributed by atoms with Crippen molar-refractivity contribution in [3.05, 3.63) is 71.8 Å². The molecular formula is C25H22N4O4S. The molecule has 2 amide bonds. The highest BCUT2D eigenvalue weighted by Crippen LogP contribution is 2.34. The summed E-state index contributed by atoms with van der Waals surface area (Å²) >= 11 is 1.29. The standard InChI is InChI=1S/C25H22N4O4S/c1-15-7-10-18(29(25(31)32)14-16-5-3-2-4-6-16)13-20(15)33-21-12-11-19-23(27-21)34-24(26-19)28-22(30)17-8-9-17/h2-7,10-13,17H,8-9,14H2,1H3,(H,31,32)(H,26,28,30). The molecule has 172 valence electrons. The van der Waals surface area contributed by atoms with Gasteiger partial charge >= 0.3 is 6.09 Å². The second-order valence-corrected chi connectivity index (χ2v) is 9.14. The third kappa shape index (κ3) is 4.84. The summed E-state index contributed by atoms with van der Waals surface area (Å²) in [4.78, 5) is 34.9. The first kappa shape index (κ1) is 21.8. The van der Waals surface area contributed by atoms with Crippen LogP contribution in [0.2, 0.25) is 0 Å². The van der Waals surface area contributed by atoms with Gasteiger partial charge < -0.3 is 15.2 Å². The molecule has 4 aromatic rings. The van der Waals surface area contributed by atoms with Crippen LogP contribution in [0, 0.1) is 12.8 Å². The Morgan fingerprint density at radius 2 is 1.91 bits per heavy atom. The highest BCUT2D eigenvalue weighted by molar-refractivity contribution is 7.21. The van der Waals surface area contributed by atoms with E-state index in [1.54, 1.807) is 24.3 Å². The molecule has 1 fully saturated rings. The molecule has 5 rings (SSSR count). The van der Waals surface area contributed by atoms with E-state index >= 15 is 0 Å². The summed E-state index contributed by atoms with van der Waals surface area (Å²) in [6.45, 7) is 2.11. The van der Waals surface area contributed by atoms with Crippen LogP contribution in [-0.2, 0) is 11.3 Å². The molecule has 0 aliphatic heterocycles. The van der Waals surface area contributed by atoms with E-state index in [0.717, 1.165) is 24.0 Å². The number of ether oxygens (including phenoxy) is 1. The quantitative estimate of drug-likeness (QED) is 0.349. The number of aryl methyl sites for hydroxylation is 1. The molecule has 0 saturated heterocycles. The van der Waals surface area contributed by atoms with E-state index in [2.05, 4.69) is 15.3 Å². The number of amides is 2. The maximum absolute atomic E-state index is 12.0. The number of thiazole rings is 1. The van der Waals surface area contributed by atoms with Gasteiger partial charge in [-0.2, -0.15) is 0 Å². The van der Waals surface area contributed by atoms with Crippen molar-refractivity contribution in [1.29, 1.82) is 0 Å². The van der Waals surface area contributed by atoms with Gasteiger partial charge in [-0.25, -0.2) is 14.8 Å². The Kier molecular flexibility index (Phi) is 5.85. The van der Waals surface area contributed by atoms with Crippen LogP contribution in [0.15, 0.2) is 60.7 Å². The maximum Gasteiger partial charge on any atom is 0.412 e. The van der Waals surface area contributed by atoms with Crippen molar-refractivity contribution in [1.82, 2.24) is 9.97 Å². The lowest BCUT2D eigenvalue weighted by Gasteiger charge is -2.21. The third-order valence-corrected chi connectivity index (χ3v) is 6.40. The smallest absolute Gasteiger partial charge is 0.412 e. The molecule has 0 spiro atoms. The molecule has 0 bridgehead atoms. The predicted molar refractivity (Wildman–Crippen MR) is 131 cm³/mol. The van der Waals surface area contributed by atoms with Gasteiger partial charge in [0.2, 0.25) is 11.8 Å². The van der Waals surface area contributed by atoms with E-state index in [4.69, 9.17) is 4.74 Å². The molecular weight excluding hydrogens is 452 g/mol. The molecule has 9 heteroatoms. The van der Waals surface area contributed by atoms with Crippen molar-refractivity contribution in [2.24, 2.45) is 5.92 Å². The lowest BCUT2D eigenvalue weighted by Crippen LogP contribution is -2.28. The van der Waals surface area contributed by atoms with Gasteiger partial charge in [-0.3, -0.25) is 9.69 Å². The molecule has 1 aliphatic rings. The number of rotatable bonds is 7. The van der Waals surface area contributed by atoms with Crippen molar-refractivity contribution < 1.29 is 19.4 Å². The monoisotopic (exact) mass is 474 g/mol. The van der Waals surface area contributed by atoms with Crippen LogP contribution in [-0.4, -0.2) is 27.1 Å². The van der Waals surface area contributed by atoms with Gasteiger partial charge in [-0.05, 0) is 43.0 Å². The van der Waals surface area contributed by atoms with Crippen molar-refractivity contribution in [2.45, 2.75) is 26.3 Å². The van der Waals surface area contributed by atoms with E-state index in [1.807, 2.05) is 43.3 Å². The highest BCUT2D eigenvalue weighted by atomic mass is 32.1. The number of fused-ring (bicyclic) bond motifs is 1. The number of carboxylic acid groups (broad SMARTS) is 1. The second kappa shape index (κ2) is 9.11. The molecule has 0 atom stereocenters. The molecule has 1 aliphatic carbocycles. The van der Waals surface area contributed by atoms with E-state index in [9.17, 15) is 14.7 Å². The van der Waals surface area contributed by atoms with Crippen LogP contribution in [0.5, 0.6) is 11.6 Å². The lowest BCUT2D eigenvalue weighted by molar-refractivity contribution is -0.117. The number of carbonyl (C=O) groups excluding carboxylic acids is 1. The summed E-state index contributed by atoms with van der Waals surface area (Å²) in [6.07, 6.45) is 0.801. The second-order valence-electron chi connectivity index (χ2n) is 8.16. The fourth-order valence-electron chi connectivity index (χ4n) is 3.48. The summed E-state index contributed by atoms with van der Waals surface area (Å²) in [6, 6.07) is 18.2. The summed E-state index contributed by atoms with van der Waals surface area (Å²) in [5.41, 5.74) is 2.90. The SMILES string of the molecule is Cc1ccc(N(Cc2ccccc2)C(=O)O)cc1Oc1ccc2nc(NC(=O)C3CC3)sc2n1. The first-order chi connectivity index (χ1) is 16.5. The third-order valence-electron chi connectivity index (χ3n) is 5.52. The Morgan fingerprint density at radius 1 is 1.12 bits per heavy atom. The van der Waals surface area contributed by atoms with Crippen LogP contribution < -0.4 is 15.0 Å². The normalized spacial score (nSPS) is 13.0. The summed E-state index contributed by atoms with van der Waals surface area (Å²) in [5, 5.41) is 13.2. The first-order valence-electron chi connectivity index (χ1n) is 10.9. The van der Waals surface area contributed by atoms with Gasteiger partial charge in [0.1, 0.15) is 16.1 Å². The topological polar surface area (TPSA) is 105 Å². The zero-order chi connectivity index (χ0) is 23.7. The van der Waals surface area contributed by atoms with Gasteiger partial charge in [0.15, 0.2) is 5.13 Å². The number of anilines is 2. The van der Waals surface area contributed by atoms with E-state index in [0.29, 0.717) is 32.8 Å². The minimum atomic E-state index is -1.05. The van der Waals surface area contributed by atoms with E-state index in [1.165, 1.54) is 16.2 Å². The van der Waals surface area contributed by atoms with Crippen LogP contribution >= 0.6 is 11.3 Å². The van der Waals surface area contributed by atoms with Crippen LogP contribution in [0.4, 0.5) is 15.6 Å². The number of hydrogen-bond donors (Lipinski definition) is 2. The zero-order valence-electron chi connectivity index (χ0n) is 18.4. The largest absolute Gasteiger partial charge is 0.465 e. The zero-order valence-corrected chi connectivity index (χ0v) is 19.2. The number of hydrogen-bond acceptors (Lipinski definition) is 6. The molecule has 0 unspecified atom stereocenters. The van der Waals surface area contributed by atoms with Crippen molar-refractivity contribution in [2.75, 3.05) is 10.2 Å². The van der Waals surface area contributed by atoms with Gasteiger partial charge in [0, 0.05) is 18.1 Å². The minimum absolute atomic E-state index is 0.00135. The summed E-state index contributed by atoms with van der Waals surface area (Å²) < 4.78 is 6.04. The van der Waals surface area contributed by atoms with Gasteiger partial charge in [-0.1, -0.05) is 47.7 Å². The molecule has 8 nitrogen and oxygen atoms in total. The number of nitrogens with one attached hydrogen (secondary N) is 1. The molecule has 2 N–H and O–H groups in total. The van der Waals surface area contributed by atoms with Gasteiger partial charge in [0.25, 0.3) is 0 Å². The summed E-state index contributed by atoms with van der Waals surface area (Å²) in [5.74, 6) is 0.972. The number of benzene rings is 2. The fraction of sp³-hybridized carbons (Fsp3) is 0.200. The maximum atomic E-state index is 12.0. The summed E-state index contributed by atoms with van der Waals surface area (Å²) in [7, 11) is 0. The Labute approximate surface area is 199 Å². The minimum Gasteiger partial charge on any atom is -0.465 e. The van der Waals surface area contributed by atoms with E-state index < -0.39 is 6.09 Å². The predicted octanol–water partition coefficient (Wildman–Crippen LogP) is 5.83. The lowest BCUT2D eigenvalue weighted by atomic mass is 10.1. The average Bonchev–Trinajstić information content (AvgIpc) is 3.60. The molecule has 2 aromatic carbocycles. The number of pyridine rings is 1. The fourth-order valence-corrected chi connectivity index (χ4v) is 4.31. The Bertz CT molecular complexity index is 1370. The van der Waals surface area contributed by atoms with Crippen LogP contribution in [0.1, 0.15) is 24.0 Å². The Hall–Kier alpha value is -3.98. The Balaban J connectivity index is 1.37. The van der Waals surface area contributed by atoms with Gasteiger partial charge in [-0.15, -0.1) is 0 Å². The number of nitrogens with zero attached hydrogens (tertiary/aromatic N) is 3. The van der Waals surface area contributed by atoms with Crippen LogP contribution in [0.3, 0.4) is 0 Å². The molecule has 2 aromatic heterocycles. The highest BCUT2D eigenvalue weighted by Gasteiger charge is 2.30. The van der Waals surface area contributed by atoms with Gasteiger partial charge in [0.05, 0.1) is 12.2 Å². The average molecular weight is 475 g/mol. The molecule has 0 radical (unpaired) electrons. The van der Waals surface area contributed by atoms with Crippen molar-refractivity contribution >= 4 is 44.5 Å². The Morgan fingerprint density at radius 3 is 2.65 bits per heavy atom.